The Morgan fingerprint density at radius 3 is 2.21 bits per heavy atom. The molecule has 0 heterocycles. The third-order valence-corrected chi connectivity index (χ3v) is 2.09. The summed E-state index contributed by atoms with van der Waals surface area (Å²) in [5.41, 5.74) is -0.0370. The maximum Gasteiger partial charge on any atom is 0.336 e. The van der Waals surface area contributed by atoms with Gasteiger partial charge in [-0.3, -0.25) is 4.79 Å². The molecule has 0 aromatic carbocycles. The summed E-state index contributed by atoms with van der Waals surface area (Å²) in [6.45, 7) is 8.90. The van der Waals surface area contributed by atoms with Crippen LogP contribution in [0.5, 0.6) is 0 Å². The molecule has 0 aliphatic carbocycles. The van der Waals surface area contributed by atoms with Gasteiger partial charge in [0, 0.05) is 11.6 Å². The van der Waals surface area contributed by atoms with Gasteiger partial charge in [-0.2, -0.15) is 0 Å². The molecule has 0 aliphatic heterocycles. The van der Waals surface area contributed by atoms with Gasteiger partial charge in [-0.05, 0) is 13.8 Å². The van der Waals surface area contributed by atoms with Crippen LogP contribution in [0, 0.1) is 0 Å². The third-order valence-electron chi connectivity index (χ3n) is 2.09. The molecule has 0 aromatic heterocycles. The van der Waals surface area contributed by atoms with Crippen LogP contribution in [0.4, 0.5) is 0 Å². The van der Waals surface area contributed by atoms with Gasteiger partial charge < -0.3 is 19.7 Å². The van der Waals surface area contributed by atoms with Gasteiger partial charge >= 0.3 is 17.9 Å². The molecule has 0 fully saturated rings. The second kappa shape index (κ2) is 6.69. The highest BCUT2D eigenvalue weighted by Gasteiger charge is 2.45. The Balaban J connectivity index is 5.41. The number of carbonyl (C=O) groups is 3. The molecule has 2 N–H and O–H groups in total. The van der Waals surface area contributed by atoms with Crippen molar-refractivity contribution in [3.63, 3.8) is 0 Å². The Bertz CT molecular complexity index is 410. The number of hydrogen-bond acceptors (Lipinski definition) is 6. The van der Waals surface area contributed by atoms with Crippen molar-refractivity contribution in [2.24, 2.45) is 0 Å². The number of ether oxygens (including phenoxy) is 2. The van der Waals surface area contributed by atoms with Crippen LogP contribution in [-0.2, 0) is 23.9 Å². The van der Waals surface area contributed by atoms with Crippen LogP contribution in [-0.4, -0.2) is 40.0 Å². The van der Waals surface area contributed by atoms with E-state index in [1.807, 2.05) is 0 Å². The average molecular weight is 272 g/mol. The maximum atomic E-state index is 11.5. The van der Waals surface area contributed by atoms with Crippen LogP contribution < -0.4 is 0 Å². The summed E-state index contributed by atoms with van der Waals surface area (Å²) in [4.78, 5) is 33.5. The molecular weight excluding hydrogens is 256 g/mol. The van der Waals surface area contributed by atoms with E-state index in [0.29, 0.717) is 0 Å². The van der Waals surface area contributed by atoms with Gasteiger partial charge in [0.15, 0.2) is 0 Å². The van der Waals surface area contributed by atoms with Crippen molar-refractivity contribution in [3.05, 3.63) is 24.8 Å². The van der Waals surface area contributed by atoms with E-state index in [2.05, 4.69) is 13.2 Å². The smallest absolute Gasteiger partial charge is 0.336 e. The second-order valence-corrected chi connectivity index (χ2v) is 3.85. The van der Waals surface area contributed by atoms with Crippen molar-refractivity contribution in [1.82, 2.24) is 0 Å². The summed E-state index contributed by atoms with van der Waals surface area (Å²) in [6, 6.07) is 0. The largest absolute Gasteiger partial charge is 0.481 e. The summed E-state index contributed by atoms with van der Waals surface area (Å²) in [5.74, 6) is -5.77. The van der Waals surface area contributed by atoms with E-state index in [0.717, 1.165) is 13.0 Å². The molecule has 0 saturated heterocycles. The second-order valence-electron chi connectivity index (χ2n) is 3.85. The molecule has 7 nitrogen and oxygen atoms in total. The van der Waals surface area contributed by atoms with E-state index in [1.165, 1.54) is 6.92 Å². The molecule has 7 heteroatoms. The standard InChI is InChI=1S/C12H16O7/c1-5-10(16)18-12(8(4)13,6-9(14)15)19-11(17)7(2)3/h5,8,13H,1-2,6H2,3-4H3,(H,14,15). The highest BCUT2D eigenvalue weighted by molar-refractivity contribution is 5.88. The first-order valence-corrected chi connectivity index (χ1v) is 5.28. The van der Waals surface area contributed by atoms with Crippen molar-refractivity contribution in [1.29, 1.82) is 0 Å². The van der Waals surface area contributed by atoms with Crippen LogP contribution in [0.3, 0.4) is 0 Å². The van der Waals surface area contributed by atoms with Crippen LogP contribution in [0.25, 0.3) is 0 Å². The number of hydrogen-bond donors (Lipinski definition) is 2. The topological polar surface area (TPSA) is 110 Å². The highest BCUT2D eigenvalue weighted by atomic mass is 16.7. The zero-order valence-corrected chi connectivity index (χ0v) is 10.7. The molecular formula is C12H16O7. The van der Waals surface area contributed by atoms with Gasteiger partial charge in [0.2, 0.25) is 0 Å². The molecule has 2 atom stereocenters. The minimum atomic E-state index is -2.33. The zero-order valence-electron chi connectivity index (χ0n) is 10.7. The molecule has 0 amide bonds. The minimum Gasteiger partial charge on any atom is -0.481 e. The Labute approximate surface area is 110 Å². The molecule has 2 unspecified atom stereocenters. The van der Waals surface area contributed by atoms with Crippen LogP contribution in [0.2, 0.25) is 0 Å². The van der Waals surface area contributed by atoms with Crippen molar-refractivity contribution in [2.45, 2.75) is 32.2 Å². The van der Waals surface area contributed by atoms with Crippen LogP contribution >= 0.6 is 0 Å². The fourth-order valence-electron chi connectivity index (χ4n) is 1.08. The predicted octanol–water partition coefficient (Wildman–Crippen LogP) is 0.387. The van der Waals surface area contributed by atoms with E-state index < -0.39 is 36.2 Å². The minimum absolute atomic E-state index is 0.0370. The maximum absolute atomic E-state index is 11.5. The fraction of sp³-hybridized carbons (Fsp3) is 0.417. The lowest BCUT2D eigenvalue weighted by Crippen LogP contribution is -2.50. The lowest BCUT2D eigenvalue weighted by molar-refractivity contribution is -0.256. The first-order valence-electron chi connectivity index (χ1n) is 5.28. The van der Waals surface area contributed by atoms with Gasteiger partial charge in [0.05, 0.1) is 0 Å². The van der Waals surface area contributed by atoms with Gasteiger partial charge in [0.25, 0.3) is 5.79 Å². The fourth-order valence-corrected chi connectivity index (χ4v) is 1.08. The number of carbonyl (C=O) groups excluding carboxylic acids is 2. The summed E-state index contributed by atoms with van der Waals surface area (Å²) in [6.07, 6.45) is -1.72. The first-order chi connectivity index (χ1) is 8.64. The number of esters is 2. The lowest BCUT2D eigenvalue weighted by atomic mass is 10.1. The number of aliphatic hydroxyl groups excluding tert-OH is 1. The zero-order chi connectivity index (χ0) is 15.2. The van der Waals surface area contributed by atoms with Crippen molar-refractivity contribution in [2.75, 3.05) is 0 Å². The predicted molar refractivity (Wildman–Crippen MR) is 63.9 cm³/mol. The summed E-state index contributed by atoms with van der Waals surface area (Å²) >= 11 is 0. The van der Waals surface area contributed by atoms with Crippen molar-refractivity contribution < 1.29 is 34.1 Å². The van der Waals surface area contributed by atoms with E-state index in [1.54, 1.807) is 0 Å². The summed E-state index contributed by atoms with van der Waals surface area (Å²) in [5, 5.41) is 18.4. The Morgan fingerprint density at radius 1 is 1.37 bits per heavy atom. The van der Waals surface area contributed by atoms with E-state index in [-0.39, 0.29) is 5.57 Å². The molecule has 0 bridgehead atoms. The van der Waals surface area contributed by atoms with Crippen molar-refractivity contribution in [3.8, 4) is 0 Å². The molecule has 0 rings (SSSR count). The molecule has 0 aromatic rings. The monoisotopic (exact) mass is 272 g/mol. The molecule has 19 heavy (non-hydrogen) atoms. The number of rotatable bonds is 7. The van der Waals surface area contributed by atoms with Crippen LogP contribution in [0.15, 0.2) is 24.8 Å². The van der Waals surface area contributed by atoms with E-state index in [4.69, 9.17) is 14.6 Å². The van der Waals surface area contributed by atoms with E-state index in [9.17, 15) is 19.5 Å². The average Bonchev–Trinajstić information content (AvgIpc) is 2.27. The molecule has 0 spiro atoms. The van der Waals surface area contributed by atoms with Crippen LogP contribution in [0.1, 0.15) is 20.3 Å². The molecule has 106 valence electrons. The first kappa shape index (κ1) is 16.9. The molecule has 0 saturated carbocycles. The molecule has 0 radical (unpaired) electrons. The normalized spacial score (nSPS) is 14.7. The number of aliphatic carboxylic acids is 1. The Hall–Kier alpha value is -2.15. The van der Waals surface area contributed by atoms with Gasteiger partial charge in [0.1, 0.15) is 12.5 Å². The Kier molecular flexibility index (Phi) is 5.94. The number of carboxylic acid groups (broad SMARTS) is 1. The van der Waals surface area contributed by atoms with E-state index >= 15 is 0 Å². The van der Waals surface area contributed by atoms with Crippen molar-refractivity contribution >= 4 is 17.9 Å². The number of carboxylic acids is 1. The lowest BCUT2D eigenvalue weighted by Gasteiger charge is -2.33. The van der Waals surface area contributed by atoms with Gasteiger partial charge in [-0.15, -0.1) is 0 Å². The summed E-state index contributed by atoms with van der Waals surface area (Å²) in [7, 11) is 0. The molecule has 0 aliphatic rings. The number of aliphatic hydroxyl groups is 1. The quantitative estimate of drug-likeness (QED) is 0.391. The van der Waals surface area contributed by atoms with Gasteiger partial charge in [-0.1, -0.05) is 13.2 Å². The van der Waals surface area contributed by atoms with Gasteiger partial charge in [-0.25, -0.2) is 9.59 Å². The summed E-state index contributed by atoms with van der Waals surface area (Å²) < 4.78 is 9.49. The highest BCUT2D eigenvalue weighted by Crippen LogP contribution is 2.25. The third kappa shape index (κ3) is 4.92. The Morgan fingerprint density at radius 2 is 1.89 bits per heavy atom. The SMILES string of the molecule is C=CC(=O)OC(CC(=O)O)(OC(=O)C(=C)C)C(C)O.